The minimum Gasteiger partial charge on any atom is -0.309 e. The second-order valence-electron chi connectivity index (χ2n) is 20.3. The zero-order valence-electron chi connectivity index (χ0n) is 42.9. The number of carbonyl (C=O) groups is 2. The molecule has 0 saturated carbocycles. The fourth-order valence-corrected chi connectivity index (χ4v) is 11.1. The Morgan fingerprint density at radius 1 is 0.627 bits per heavy atom. The van der Waals surface area contributed by atoms with E-state index in [4.69, 9.17) is 46.4 Å². The first-order valence-electron chi connectivity index (χ1n) is 24.4. The molecule has 22 heteroatoms. The molecule has 6 atom stereocenters. The van der Waals surface area contributed by atoms with Gasteiger partial charge in [-0.3, -0.25) is 39.4 Å². The van der Waals surface area contributed by atoms with Gasteiger partial charge in [-0.15, -0.1) is 0 Å². The summed E-state index contributed by atoms with van der Waals surface area (Å²) in [6.45, 7) is 2.57. The van der Waals surface area contributed by atoms with E-state index < -0.39 is 76.6 Å². The number of likely N-dealkylation sites (N-methyl/N-ethyl adjacent to an activating group) is 3. The van der Waals surface area contributed by atoms with Crippen LogP contribution in [0.5, 0.6) is 0 Å². The largest absolute Gasteiger partial charge is 0.419 e. The molecule has 75 heavy (non-hydrogen) atoms. The maximum absolute atomic E-state index is 16.3. The van der Waals surface area contributed by atoms with Crippen LogP contribution in [-0.2, 0) is 35.0 Å². The highest BCUT2D eigenvalue weighted by molar-refractivity contribution is 6.42. The molecule has 0 aliphatic carbocycles. The summed E-state index contributed by atoms with van der Waals surface area (Å²) in [4.78, 5) is 44.2. The predicted molar refractivity (Wildman–Crippen MR) is 279 cm³/mol. The average molecular weight is 1140 g/mol. The molecule has 0 aromatic heterocycles. The van der Waals surface area contributed by atoms with Crippen LogP contribution in [-0.4, -0.2) is 172 Å². The molecular weight excluding hydrogens is 1070 g/mol. The number of Topliss-reactive ketones (excluding diaryl/α,β-unsaturated/α-hetero) is 1. The van der Waals surface area contributed by atoms with Gasteiger partial charge >= 0.3 is 12.4 Å². The van der Waals surface area contributed by atoms with Crippen molar-refractivity contribution in [2.75, 3.05) is 102 Å². The summed E-state index contributed by atoms with van der Waals surface area (Å²) in [5, 5.41) is 4.67. The molecule has 2 aliphatic rings. The highest BCUT2D eigenvalue weighted by atomic mass is 35.5. The van der Waals surface area contributed by atoms with Crippen LogP contribution in [0.25, 0.3) is 0 Å². The SMILES string of the molecule is CN(C)CCCNC(C(=O)C(C=O)(N(C)CCCN(C)C)N1C[C@H](c2ccc(Cl)c(Cl)c2)[C@H](N(C)Cc2ccc(C(F)(F)F)c(F)c2)C1)N1C[C@H](c2ccc(Cl)c(Cl)c2)[C@H](N(C)Cc2ccc(C(F)(F)F)c(F)c2)C1. The minimum absolute atomic E-state index is 0.0000517. The molecule has 2 saturated heterocycles. The van der Waals surface area contributed by atoms with E-state index in [1.54, 1.807) is 56.4 Å². The molecule has 2 fully saturated rings. The molecule has 1 N–H and O–H groups in total. The van der Waals surface area contributed by atoms with Gasteiger partial charge in [0.05, 0.1) is 31.2 Å². The lowest BCUT2D eigenvalue weighted by atomic mass is 9.93. The molecule has 4 aromatic rings. The summed E-state index contributed by atoms with van der Waals surface area (Å²) < 4.78 is 112. The van der Waals surface area contributed by atoms with Gasteiger partial charge in [0.15, 0.2) is 11.9 Å². The number of ketones is 1. The normalized spacial score (nSPS) is 20.3. The van der Waals surface area contributed by atoms with Crippen molar-refractivity contribution in [1.82, 2.24) is 39.6 Å². The van der Waals surface area contributed by atoms with E-state index in [0.717, 1.165) is 23.8 Å². The maximum Gasteiger partial charge on any atom is 0.419 e. The lowest BCUT2D eigenvalue weighted by Gasteiger charge is -2.46. The van der Waals surface area contributed by atoms with Crippen molar-refractivity contribution < 1.29 is 44.7 Å². The Morgan fingerprint density at radius 3 is 1.53 bits per heavy atom. The van der Waals surface area contributed by atoms with Crippen LogP contribution in [0, 0.1) is 11.6 Å². The van der Waals surface area contributed by atoms with Crippen LogP contribution >= 0.6 is 46.4 Å². The van der Waals surface area contributed by atoms with Gasteiger partial charge in [0.25, 0.3) is 0 Å². The van der Waals surface area contributed by atoms with Gasteiger partial charge in [0.2, 0.25) is 5.78 Å². The number of likely N-dealkylation sites (tertiary alicyclic amines) is 2. The average Bonchev–Trinajstić information content (AvgIpc) is 3.97. The number of nitrogens with one attached hydrogen (secondary N) is 1. The van der Waals surface area contributed by atoms with Gasteiger partial charge in [0.1, 0.15) is 17.8 Å². The lowest BCUT2D eigenvalue weighted by molar-refractivity contribution is -0.155. The lowest BCUT2D eigenvalue weighted by Crippen LogP contribution is -2.71. The third kappa shape index (κ3) is 14.6. The molecule has 0 spiro atoms. The standard InChI is InChI=1S/C53H64Cl4F8N8O2/c1-67(2)19-8-18-66-50(72-28-37(35-12-16-41(54)43(56)24-35)47(30-72)69(5)26-33-10-14-39(45(58)22-33)52(60,61)62)49(75)51(32-74,71(7)21-9-20-68(3)4)73-29-38(36-13-17-42(55)44(57)25-36)48(31-73)70(6)27-34-11-15-40(46(59)23-34)53(63,64)65/h10-17,22-25,32,37-38,47-48,50,66H,8-9,18-21,26-31H2,1-7H3/t37-,38-,47-,48-,50?,51?/m1/s1. The minimum atomic E-state index is -4.89. The topological polar surface area (TPSA) is 68.9 Å². The van der Waals surface area contributed by atoms with Gasteiger partial charge < -0.3 is 9.80 Å². The second-order valence-corrected chi connectivity index (χ2v) is 21.9. The number of benzene rings is 4. The number of nitrogens with zero attached hydrogens (tertiary/aromatic N) is 7. The number of halogens is 12. The summed E-state index contributed by atoms with van der Waals surface area (Å²) >= 11 is 26.0. The fraction of sp³-hybridized carbons (Fsp3) is 0.509. The predicted octanol–water partition coefficient (Wildman–Crippen LogP) is 10.3. The number of alkyl halides is 6. The zero-order chi connectivity index (χ0) is 55.3. The van der Waals surface area contributed by atoms with Gasteiger partial charge in [-0.2, -0.15) is 26.3 Å². The number of hydrogen-bond donors (Lipinski definition) is 1. The van der Waals surface area contributed by atoms with Crippen LogP contribution in [0.2, 0.25) is 20.1 Å². The molecule has 2 heterocycles. The first-order valence-corrected chi connectivity index (χ1v) is 25.9. The molecule has 0 bridgehead atoms. The van der Waals surface area contributed by atoms with Crippen molar-refractivity contribution >= 4 is 58.5 Å². The summed E-state index contributed by atoms with van der Waals surface area (Å²) in [6, 6.07) is 15.0. The van der Waals surface area contributed by atoms with Crippen LogP contribution in [0.3, 0.4) is 0 Å². The summed E-state index contributed by atoms with van der Waals surface area (Å²) in [5.74, 6) is -4.18. The van der Waals surface area contributed by atoms with Crippen molar-refractivity contribution in [3.05, 3.63) is 138 Å². The Bertz CT molecular complexity index is 2610. The van der Waals surface area contributed by atoms with Crippen molar-refractivity contribution in [2.24, 2.45) is 0 Å². The van der Waals surface area contributed by atoms with E-state index >= 15 is 4.79 Å². The number of carbonyl (C=O) groups excluding carboxylic acids is 2. The number of rotatable bonds is 23. The van der Waals surface area contributed by atoms with Crippen molar-refractivity contribution in [3.8, 4) is 0 Å². The second kappa shape index (κ2) is 25.5. The summed E-state index contributed by atoms with van der Waals surface area (Å²) in [7, 11) is 12.9. The third-order valence-electron chi connectivity index (χ3n) is 14.4. The Hall–Kier alpha value is -3.50. The molecule has 6 rings (SSSR count). The Kier molecular flexibility index (Phi) is 20.7. The summed E-state index contributed by atoms with van der Waals surface area (Å²) in [6.07, 6.45) is -9.07. The monoisotopic (exact) mass is 1140 g/mol. The molecule has 4 aromatic carbocycles. The summed E-state index contributed by atoms with van der Waals surface area (Å²) in [5.41, 5.74) is -2.70. The quantitative estimate of drug-likeness (QED) is 0.0336. The van der Waals surface area contributed by atoms with Gasteiger partial charge in [-0.1, -0.05) is 70.7 Å². The van der Waals surface area contributed by atoms with E-state index in [9.17, 15) is 39.9 Å². The van der Waals surface area contributed by atoms with E-state index in [1.165, 1.54) is 12.1 Å². The van der Waals surface area contributed by atoms with Gasteiger partial charge in [-0.05, 0) is 153 Å². The molecule has 0 amide bonds. The maximum atomic E-state index is 16.3. The first-order chi connectivity index (χ1) is 35.2. The van der Waals surface area contributed by atoms with Crippen LogP contribution in [0.4, 0.5) is 35.1 Å². The third-order valence-corrected chi connectivity index (χ3v) is 15.9. The van der Waals surface area contributed by atoms with E-state index in [2.05, 4.69) is 5.32 Å². The molecule has 412 valence electrons. The molecule has 2 unspecified atom stereocenters. The van der Waals surface area contributed by atoms with Gasteiger partial charge in [-0.25, -0.2) is 8.78 Å². The van der Waals surface area contributed by atoms with Crippen LogP contribution < -0.4 is 5.32 Å². The van der Waals surface area contributed by atoms with Crippen molar-refractivity contribution in [1.29, 1.82) is 0 Å². The van der Waals surface area contributed by atoms with Crippen molar-refractivity contribution in [2.45, 2.75) is 74.0 Å². The number of aldehydes is 1. The fourth-order valence-electron chi connectivity index (χ4n) is 10.5. The first kappa shape index (κ1) is 60.7. The number of hydrogen-bond acceptors (Lipinski definition) is 10. The Morgan fingerprint density at radius 2 is 1.09 bits per heavy atom. The molecular formula is C53H64Cl4F8N8O2. The Balaban J connectivity index is 1.44. The smallest absolute Gasteiger partial charge is 0.309 e. The van der Waals surface area contributed by atoms with Crippen LogP contribution in [0.1, 0.15) is 58.1 Å². The highest BCUT2D eigenvalue weighted by Crippen LogP contribution is 2.42. The molecule has 2 aliphatic heterocycles. The van der Waals surface area contributed by atoms with E-state index in [0.29, 0.717) is 60.4 Å². The Labute approximate surface area is 454 Å². The zero-order valence-corrected chi connectivity index (χ0v) is 45.9. The molecule has 10 nitrogen and oxygen atoms in total. The van der Waals surface area contributed by atoms with Gasteiger partial charge in [0, 0.05) is 69.7 Å². The van der Waals surface area contributed by atoms with E-state index in [1.807, 2.05) is 63.7 Å². The van der Waals surface area contributed by atoms with Crippen LogP contribution in [0.15, 0.2) is 72.8 Å². The molecule has 0 radical (unpaired) electrons. The van der Waals surface area contributed by atoms with E-state index in [-0.39, 0.29) is 67.0 Å². The van der Waals surface area contributed by atoms with Crippen molar-refractivity contribution in [3.63, 3.8) is 0 Å². The highest BCUT2D eigenvalue weighted by Gasteiger charge is 2.56.